The summed E-state index contributed by atoms with van der Waals surface area (Å²) in [5, 5.41) is 4.67. The number of pyridine rings is 1. The first-order valence-electron chi connectivity index (χ1n) is 10.3. The maximum Gasteiger partial charge on any atom is 0.259 e. The molecule has 1 atom stereocenters. The molecule has 0 aliphatic carbocycles. The van der Waals surface area contributed by atoms with E-state index in [1.54, 1.807) is 17.1 Å². The number of H-pyrrole nitrogens is 1. The van der Waals surface area contributed by atoms with E-state index >= 15 is 0 Å². The monoisotopic (exact) mass is 409 g/mol. The first kappa shape index (κ1) is 20.1. The van der Waals surface area contributed by atoms with Crippen LogP contribution in [0.25, 0.3) is 10.9 Å². The van der Waals surface area contributed by atoms with Gasteiger partial charge in [-0.1, -0.05) is 6.92 Å². The fourth-order valence-electron chi connectivity index (χ4n) is 3.98. The van der Waals surface area contributed by atoms with Crippen molar-refractivity contribution in [1.29, 1.82) is 0 Å². The van der Waals surface area contributed by atoms with Gasteiger partial charge in [0.15, 0.2) is 0 Å². The molecule has 0 bridgehead atoms. The first-order chi connectivity index (χ1) is 14.4. The van der Waals surface area contributed by atoms with Crippen molar-refractivity contribution in [2.75, 3.05) is 32.1 Å². The van der Waals surface area contributed by atoms with Gasteiger partial charge in [-0.15, -0.1) is 0 Å². The highest BCUT2D eigenvalue weighted by molar-refractivity contribution is 5.79. The zero-order valence-electron chi connectivity index (χ0n) is 17.6. The Morgan fingerprint density at radius 2 is 2.10 bits per heavy atom. The van der Waals surface area contributed by atoms with E-state index in [2.05, 4.69) is 20.1 Å². The molecule has 9 heteroatoms. The minimum Gasteiger partial charge on any atom is -0.347 e. The molecule has 1 fully saturated rings. The number of aromatic amines is 1. The summed E-state index contributed by atoms with van der Waals surface area (Å²) >= 11 is 0. The second kappa shape index (κ2) is 8.25. The smallest absolute Gasteiger partial charge is 0.259 e. The number of rotatable bonds is 5. The summed E-state index contributed by atoms with van der Waals surface area (Å²) in [6, 6.07) is 3.81. The van der Waals surface area contributed by atoms with Gasteiger partial charge < -0.3 is 14.8 Å². The fourth-order valence-corrected chi connectivity index (χ4v) is 3.98. The molecule has 4 rings (SSSR count). The molecule has 3 aromatic heterocycles. The van der Waals surface area contributed by atoms with E-state index in [4.69, 9.17) is 0 Å². The highest BCUT2D eigenvalue weighted by Gasteiger charge is 2.27. The quantitative estimate of drug-likeness (QED) is 0.687. The van der Waals surface area contributed by atoms with E-state index in [1.807, 2.05) is 49.1 Å². The van der Waals surface area contributed by atoms with Gasteiger partial charge in [-0.3, -0.25) is 14.3 Å². The highest BCUT2D eigenvalue weighted by atomic mass is 16.2. The van der Waals surface area contributed by atoms with Crippen LogP contribution in [-0.2, 0) is 11.3 Å². The zero-order chi connectivity index (χ0) is 21.3. The van der Waals surface area contributed by atoms with Crippen molar-refractivity contribution in [3.8, 4) is 0 Å². The number of hydrogen-bond donors (Lipinski definition) is 1. The molecule has 30 heavy (non-hydrogen) atoms. The van der Waals surface area contributed by atoms with E-state index in [0.717, 1.165) is 18.5 Å². The first-order valence-corrected chi connectivity index (χ1v) is 10.3. The molecule has 1 saturated heterocycles. The molecular formula is C21H27N7O2. The molecule has 1 N–H and O–H groups in total. The number of hydrogen-bond acceptors (Lipinski definition) is 6. The Kier molecular flexibility index (Phi) is 5.52. The van der Waals surface area contributed by atoms with Crippen LogP contribution in [0, 0.1) is 5.92 Å². The van der Waals surface area contributed by atoms with Crippen molar-refractivity contribution in [3.05, 3.63) is 46.8 Å². The van der Waals surface area contributed by atoms with Gasteiger partial charge in [-0.25, -0.2) is 9.97 Å². The molecule has 0 unspecified atom stereocenters. The van der Waals surface area contributed by atoms with Crippen LogP contribution in [0.4, 0.5) is 5.95 Å². The Hall–Kier alpha value is -3.23. The molecule has 0 spiro atoms. The van der Waals surface area contributed by atoms with Crippen molar-refractivity contribution in [1.82, 2.24) is 29.6 Å². The molecular weight excluding hydrogens is 382 g/mol. The van der Waals surface area contributed by atoms with Gasteiger partial charge in [0, 0.05) is 57.4 Å². The Morgan fingerprint density at radius 3 is 2.77 bits per heavy atom. The number of aromatic nitrogens is 5. The van der Waals surface area contributed by atoms with Crippen molar-refractivity contribution in [2.45, 2.75) is 32.2 Å². The summed E-state index contributed by atoms with van der Waals surface area (Å²) in [5.41, 5.74) is 1.37. The van der Waals surface area contributed by atoms with Crippen molar-refractivity contribution in [2.24, 2.45) is 5.92 Å². The molecule has 0 radical (unpaired) electrons. The predicted molar refractivity (Wildman–Crippen MR) is 114 cm³/mol. The summed E-state index contributed by atoms with van der Waals surface area (Å²) in [6.45, 7) is 3.89. The van der Waals surface area contributed by atoms with Crippen LogP contribution >= 0.6 is 0 Å². The lowest BCUT2D eigenvalue weighted by Gasteiger charge is -2.33. The number of amides is 1. The van der Waals surface area contributed by atoms with Crippen molar-refractivity contribution in [3.63, 3.8) is 0 Å². The van der Waals surface area contributed by atoms with E-state index in [0.29, 0.717) is 36.5 Å². The summed E-state index contributed by atoms with van der Waals surface area (Å²) in [7, 11) is 3.74. The normalized spacial score (nSPS) is 16.0. The Balaban J connectivity index is 1.45. The van der Waals surface area contributed by atoms with Crippen LogP contribution in [0.15, 0.2) is 35.5 Å². The average Bonchev–Trinajstić information content (AvgIpc) is 3.25. The topological polar surface area (TPSA) is 100 Å². The van der Waals surface area contributed by atoms with E-state index in [1.165, 1.54) is 0 Å². The van der Waals surface area contributed by atoms with E-state index in [9.17, 15) is 9.59 Å². The second-order valence-corrected chi connectivity index (χ2v) is 8.15. The molecule has 3 aromatic rings. The molecule has 0 saturated carbocycles. The number of piperidine rings is 1. The number of nitrogens with one attached hydrogen (secondary N) is 1. The lowest BCUT2D eigenvalue weighted by atomic mass is 9.92. The van der Waals surface area contributed by atoms with Crippen LogP contribution in [0.2, 0.25) is 0 Å². The van der Waals surface area contributed by atoms with Gasteiger partial charge in [-0.05, 0) is 25.0 Å². The molecule has 1 amide bonds. The minimum absolute atomic E-state index is 0.122. The third-order valence-electron chi connectivity index (χ3n) is 5.69. The predicted octanol–water partition coefficient (Wildman–Crippen LogP) is 1.62. The Bertz CT molecular complexity index is 1080. The van der Waals surface area contributed by atoms with Crippen LogP contribution in [0.3, 0.4) is 0 Å². The summed E-state index contributed by atoms with van der Waals surface area (Å²) < 4.78 is 1.79. The second-order valence-electron chi connectivity index (χ2n) is 8.15. The molecule has 9 nitrogen and oxygen atoms in total. The standard InChI is InChI=1S/C21H27N7O2/c1-14(13-28-8-4-7-23-28)20(30)27-9-5-15(6-10-27)17-11-18-16(19(29)24-17)12-22-21(25-18)26(2)3/h4,7-8,11-12,14-15H,5-6,9-10,13H2,1-3H3,(H,24,29)/t14-/m0/s1. The van der Waals surface area contributed by atoms with Gasteiger partial charge in [0.1, 0.15) is 0 Å². The highest BCUT2D eigenvalue weighted by Crippen LogP contribution is 2.28. The van der Waals surface area contributed by atoms with Gasteiger partial charge in [0.25, 0.3) is 5.56 Å². The number of fused-ring (bicyclic) bond motifs is 1. The Labute approximate surface area is 174 Å². The van der Waals surface area contributed by atoms with Gasteiger partial charge in [-0.2, -0.15) is 5.10 Å². The third-order valence-corrected chi connectivity index (χ3v) is 5.69. The number of nitrogens with zero attached hydrogens (tertiary/aromatic N) is 6. The SMILES string of the molecule is C[C@@H](Cn1cccn1)C(=O)N1CCC(c2cc3nc(N(C)C)ncc3c(=O)[nH]2)CC1. The molecule has 0 aromatic carbocycles. The van der Waals surface area contributed by atoms with Crippen molar-refractivity contribution >= 4 is 22.8 Å². The van der Waals surface area contributed by atoms with Crippen LogP contribution in [-0.4, -0.2) is 62.7 Å². The summed E-state index contributed by atoms with van der Waals surface area (Å²) in [6.07, 6.45) is 6.79. The Morgan fingerprint density at radius 1 is 1.33 bits per heavy atom. The van der Waals surface area contributed by atoms with Crippen molar-refractivity contribution < 1.29 is 4.79 Å². The summed E-state index contributed by atoms with van der Waals surface area (Å²) in [4.78, 5) is 40.8. The summed E-state index contributed by atoms with van der Waals surface area (Å²) in [5.74, 6) is 0.804. The van der Waals surface area contributed by atoms with Gasteiger partial charge in [0.2, 0.25) is 11.9 Å². The number of carbonyl (C=O) groups excluding carboxylic acids is 1. The maximum atomic E-state index is 12.8. The van der Waals surface area contributed by atoms with Gasteiger partial charge >= 0.3 is 0 Å². The fraction of sp³-hybridized carbons (Fsp3) is 0.476. The molecule has 158 valence electrons. The number of anilines is 1. The van der Waals surface area contributed by atoms with Crippen LogP contribution in [0.1, 0.15) is 31.4 Å². The minimum atomic E-state index is -0.167. The van der Waals surface area contributed by atoms with E-state index in [-0.39, 0.29) is 23.3 Å². The maximum absolute atomic E-state index is 12.8. The third kappa shape index (κ3) is 4.05. The lowest BCUT2D eigenvalue weighted by molar-refractivity contribution is -0.136. The average molecular weight is 409 g/mol. The molecule has 4 heterocycles. The lowest BCUT2D eigenvalue weighted by Crippen LogP contribution is -2.42. The zero-order valence-corrected chi connectivity index (χ0v) is 17.6. The number of likely N-dealkylation sites (tertiary alicyclic amines) is 1. The van der Waals surface area contributed by atoms with Crippen LogP contribution in [0.5, 0.6) is 0 Å². The largest absolute Gasteiger partial charge is 0.347 e. The van der Waals surface area contributed by atoms with Gasteiger partial charge in [0.05, 0.1) is 23.4 Å². The van der Waals surface area contributed by atoms with E-state index < -0.39 is 0 Å². The number of carbonyl (C=O) groups is 1. The molecule has 1 aliphatic heterocycles. The van der Waals surface area contributed by atoms with Crippen LogP contribution < -0.4 is 10.5 Å². The molecule has 1 aliphatic rings.